The van der Waals surface area contributed by atoms with Gasteiger partial charge in [-0.05, 0) is 61.0 Å². The van der Waals surface area contributed by atoms with Crippen molar-refractivity contribution in [1.29, 1.82) is 0 Å². The Hall–Kier alpha value is -3.38. The van der Waals surface area contributed by atoms with Crippen LogP contribution in [0.15, 0.2) is 71.9 Å². The van der Waals surface area contributed by atoms with Crippen molar-refractivity contribution in [3.8, 4) is 5.75 Å². The van der Waals surface area contributed by atoms with Gasteiger partial charge in [0.1, 0.15) is 5.75 Å². The van der Waals surface area contributed by atoms with Gasteiger partial charge in [0.2, 0.25) is 5.96 Å². The summed E-state index contributed by atoms with van der Waals surface area (Å²) in [4.78, 5) is 21.4. The highest BCUT2D eigenvalue weighted by molar-refractivity contribution is 6.30. The predicted octanol–water partition coefficient (Wildman–Crippen LogP) is 4.45. The van der Waals surface area contributed by atoms with Crippen LogP contribution in [-0.4, -0.2) is 24.0 Å². The lowest BCUT2D eigenvalue weighted by Gasteiger charge is -2.15. The lowest BCUT2D eigenvalue weighted by Crippen LogP contribution is -2.36. The SMILES string of the molecule is COc1ccc(C)cc1NC(=NCc1ccccn1)NC(=O)c1ccc(Cl)cc1. The van der Waals surface area contributed by atoms with Crippen LogP contribution in [0.4, 0.5) is 5.69 Å². The lowest BCUT2D eigenvalue weighted by atomic mass is 10.2. The summed E-state index contributed by atoms with van der Waals surface area (Å²) in [6.45, 7) is 2.28. The normalized spacial score (nSPS) is 11.1. The van der Waals surface area contributed by atoms with Crippen LogP contribution < -0.4 is 15.4 Å². The van der Waals surface area contributed by atoms with Crippen LogP contribution in [0.5, 0.6) is 5.75 Å². The van der Waals surface area contributed by atoms with Crippen molar-refractivity contribution in [2.75, 3.05) is 12.4 Å². The van der Waals surface area contributed by atoms with Gasteiger partial charge < -0.3 is 10.1 Å². The number of aryl methyl sites for hydroxylation is 1. The number of aliphatic imine (C=N–C) groups is 1. The maximum Gasteiger partial charge on any atom is 0.257 e. The van der Waals surface area contributed by atoms with Gasteiger partial charge in [0, 0.05) is 16.8 Å². The number of rotatable bonds is 5. The molecule has 1 heterocycles. The number of nitrogens with one attached hydrogen (secondary N) is 2. The van der Waals surface area contributed by atoms with E-state index in [-0.39, 0.29) is 5.91 Å². The van der Waals surface area contributed by atoms with E-state index < -0.39 is 0 Å². The second kappa shape index (κ2) is 9.71. The van der Waals surface area contributed by atoms with Gasteiger partial charge in [-0.25, -0.2) is 4.99 Å². The number of hydrogen-bond donors (Lipinski definition) is 2. The Morgan fingerprint density at radius 1 is 1.14 bits per heavy atom. The Labute approximate surface area is 174 Å². The van der Waals surface area contributed by atoms with Gasteiger partial charge >= 0.3 is 0 Å². The highest BCUT2D eigenvalue weighted by Crippen LogP contribution is 2.25. The number of pyridine rings is 1. The first-order valence-corrected chi connectivity index (χ1v) is 9.36. The molecule has 0 fully saturated rings. The van der Waals surface area contributed by atoms with E-state index in [0.717, 1.165) is 11.3 Å². The number of carbonyl (C=O) groups excluding carboxylic acids is 1. The van der Waals surface area contributed by atoms with Crippen molar-refractivity contribution in [3.63, 3.8) is 0 Å². The van der Waals surface area contributed by atoms with Gasteiger partial charge in [-0.3, -0.25) is 15.1 Å². The highest BCUT2D eigenvalue weighted by atomic mass is 35.5. The van der Waals surface area contributed by atoms with Crippen LogP contribution in [0.25, 0.3) is 0 Å². The van der Waals surface area contributed by atoms with Crippen LogP contribution in [0.3, 0.4) is 0 Å². The van der Waals surface area contributed by atoms with Crippen molar-refractivity contribution in [2.24, 2.45) is 4.99 Å². The molecule has 0 bridgehead atoms. The molecule has 2 N–H and O–H groups in total. The fourth-order valence-corrected chi connectivity index (χ4v) is 2.72. The van der Waals surface area contributed by atoms with Gasteiger partial charge in [0.25, 0.3) is 5.91 Å². The zero-order valence-electron chi connectivity index (χ0n) is 16.1. The van der Waals surface area contributed by atoms with Gasteiger partial charge in [-0.15, -0.1) is 0 Å². The first kappa shape index (κ1) is 20.4. The second-order valence-corrected chi connectivity index (χ2v) is 6.71. The Morgan fingerprint density at radius 2 is 1.93 bits per heavy atom. The number of nitrogens with zero attached hydrogens (tertiary/aromatic N) is 2. The van der Waals surface area contributed by atoms with Crippen molar-refractivity contribution < 1.29 is 9.53 Å². The summed E-state index contributed by atoms with van der Waals surface area (Å²) in [5, 5.41) is 6.54. The molecule has 0 saturated carbocycles. The number of anilines is 1. The first-order valence-electron chi connectivity index (χ1n) is 8.98. The second-order valence-electron chi connectivity index (χ2n) is 6.28. The number of benzene rings is 2. The lowest BCUT2D eigenvalue weighted by molar-refractivity contribution is 0.0977. The third kappa shape index (κ3) is 5.80. The molecular formula is C22H21ClN4O2. The Balaban J connectivity index is 1.86. The van der Waals surface area contributed by atoms with E-state index in [1.807, 2.05) is 43.3 Å². The smallest absolute Gasteiger partial charge is 0.257 e. The van der Waals surface area contributed by atoms with E-state index in [9.17, 15) is 4.79 Å². The molecule has 3 rings (SSSR count). The Kier molecular flexibility index (Phi) is 6.81. The number of guanidine groups is 1. The summed E-state index contributed by atoms with van der Waals surface area (Å²) in [7, 11) is 1.59. The Bertz CT molecular complexity index is 1010. The summed E-state index contributed by atoms with van der Waals surface area (Å²) < 4.78 is 5.41. The van der Waals surface area contributed by atoms with E-state index in [2.05, 4.69) is 20.6 Å². The minimum atomic E-state index is -0.305. The van der Waals surface area contributed by atoms with Crippen molar-refractivity contribution >= 4 is 29.2 Å². The number of halogens is 1. The fraction of sp³-hybridized carbons (Fsp3) is 0.136. The summed E-state index contributed by atoms with van der Waals surface area (Å²) in [6.07, 6.45) is 1.70. The quantitative estimate of drug-likeness (QED) is 0.483. The molecule has 1 amide bonds. The van der Waals surface area contributed by atoms with Crippen molar-refractivity contribution in [1.82, 2.24) is 10.3 Å². The summed E-state index contributed by atoms with van der Waals surface area (Å²) in [5.74, 6) is 0.627. The summed E-state index contributed by atoms with van der Waals surface area (Å²) in [6, 6.07) is 18.0. The van der Waals surface area contributed by atoms with E-state index in [0.29, 0.717) is 34.5 Å². The van der Waals surface area contributed by atoms with Gasteiger partial charge in [0.15, 0.2) is 0 Å². The predicted molar refractivity (Wildman–Crippen MR) is 116 cm³/mol. The van der Waals surface area contributed by atoms with E-state index in [4.69, 9.17) is 16.3 Å². The van der Waals surface area contributed by atoms with E-state index in [1.165, 1.54) is 0 Å². The summed E-state index contributed by atoms with van der Waals surface area (Å²) >= 11 is 5.91. The molecule has 0 spiro atoms. The average molecular weight is 409 g/mol. The number of carbonyl (C=O) groups is 1. The minimum Gasteiger partial charge on any atom is -0.495 e. The molecule has 2 aromatic carbocycles. The van der Waals surface area contributed by atoms with Crippen molar-refractivity contribution in [2.45, 2.75) is 13.5 Å². The van der Waals surface area contributed by atoms with E-state index in [1.54, 1.807) is 37.6 Å². The average Bonchev–Trinajstić information content (AvgIpc) is 2.73. The first-order chi connectivity index (χ1) is 14.0. The molecule has 148 valence electrons. The highest BCUT2D eigenvalue weighted by Gasteiger charge is 2.12. The molecule has 29 heavy (non-hydrogen) atoms. The molecule has 0 unspecified atom stereocenters. The van der Waals surface area contributed by atoms with Crippen LogP contribution in [0, 0.1) is 6.92 Å². The standard InChI is InChI=1S/C22H21ClN4O2/c1-15-6-11-20(29-2)19(13-15)26-22(25-14-18-5-3-4-12-24-18)27-21(28)16-7-9-17(23)10-8-16/h3-13H,14H2,1-2H3,(H2,25,26,27,28). The van der Waals surface area contributed by atoms with Gasteiger partial charge in [0.05, 0.1) is 25.0 Å². The minimum absolute atomic E-state index is 0.291. The third-order valence-corrected chi connectivity index (χ3v) is 4.32. The molecule has 6 nitrogen and oxygen atoms in total. The molecule has 0 saturated heterocycles. The van der Waals surface area contributed by atoms with Gasteiger partial charge in [-0.2, -0.15) is 0 Å². The Morgan fingerprint density at radius 3 is 2.62 bits per heavy atom. The van der Waals surface area contributed by atoms with Gasteiger partial charge in [-0.1, -0.05) is 23.7 Å². The molecule has 1 aromatic heterocycles. The van der Waals surface area contributed by atoms with E-state index >= 15 is 0 Å². The molecule has 3 aromatic rings. The molecule has 0 radical (unpaired) electrons. The number of amides is 1. The topological polar surface area (TPSA) is 75.6 Å². The van der Waals surface area contributed by atoms with Crippen LogP contribution in [0.1, 0.15) is 21.6 Å². The number of hydrogen-bond acceptors (Lipinski definition) is 4. The fourth-order valence-electron chi connectivity index (χ4n) is 2.59. The van der Waals surface area contributed by atoms with Crippen LogP contribution in [-0.2, 0) is 6.54 Å². The maximum absolute atomic E-state index is 12.7. The number of aromatic nitrogens is 1. The molecular weight excluding hydrogens is 388 g/mol. The molecule has 0 aliphatic rings. The number of methoxy groups -OCH3 is 1. The monoisotopic (exact) mass is 408 g/mol. The molecule has 0 aliphatic heterocycles. The largest absolute Gasteiger partial charge is 0.495 e. The van der Waals surface area contributed by atoms with Crippen LogP contribution in [0.2, 0.25) is 5.02 Å². The third-order valence-electron chi connectivity index (χ3n) is 4.07. The summed E-state index contributed by atoms with van der Waals surface area (Å²) in [5.41, 5.74) is 2.99. The maximum atomic E-state index is 12.7. The zero-order valence-corrected chi connectivity index (χ0v) is 16.9. The number of ether oxygens (including phenoxy) is 1. The molecule has 0 atom stereocenters. The van der Waals surface area contributed by atoms with Crippen LogP contribution >= 0.6 is 11.6 Å². The van der Waals surface area contributed by atoms with Crippen molar-refractivity contribution in [3.05, 3.63) is 88.7 Å². The molecule has 7 heteroatoms. The molecule has 0 aliphatic carbocycles. The zero-order chi connectivity index (χ0) is 20.6.